The van der Waals surface area contributed by atoms with Gasteiger partial charge in [0.05, 0.1) is 26.8 Å². The number of hydrogen-bond acceptors (Lipinski definition) is 4. The minimum atomic E-state index is 0.0558. The van der Waals surface area contributed by atoms with Gasteiger partial charge in [0.1, 0.15) is 0 Å². The third kappa shape index (κ3) is 3.89. The molecule has 0 radical (unpaired) electrons. The fourth-order valence-corrected chi connectivity index (χ4v) is 3.20. The maximum Gasteiger partial charge on any atom is 0.0947 e. The Morgan fingerprint density at radius 2 is 2.21 bits per heavy atom. The molecule has 2 aromatic rings. The van der Waals surface area contributed by atoms with Crippen LogP contribution >= 0.6 is 34.5 Å². The standard InChI is InChI=1S/C13H15Cl2N3S/c1-3-16-11(5-12-18-8(2)7-19-12)13-10(15)4-9(14)6-17-13/h4,6-7,11,16H,3,5H2,1-2H3. The van der Waals surface area contributed by atoms with Gasteiger partial charge in [-0.15, -0.1) is 11.3 Å². The van der Waals surface area contributed by atoms with Crippen molar-refractivity contribution < 1.29 is 0 Å². The monoisotopic (exact) mass is 315 g/mol. The quantitative estimate of drug-likeness (QED) is 0.904. The van der Waals surface area contributed by atoms with Crippen LogP contribution in [0.25, 0.3) is 0 Å². The SMILES string of the molecule is CCNC(Cc1nc(C)cs1)c1ncc(Cl)cc1Cl. The van der Waals surface area contributed by atoms with Crippen LogP contribution in [0.15, 0.2) is 17.6 Å². The lowest BCUT2D eigenvalue weighted by Gasteiger charge is -2.17. The Bertz CT molecular complexity index is 557. The van der Waals surface area contributed by atoms with Gasteiger partial charge in [-0.25, -0.2) is 4.98 Å². The van der Waals surface area contributed by atoms with Crippen molar-refractivity contribution in [2.75, 3.05) is 6.54 Å². The Morgan fingerprint density at radius 3 is 2.79 bits per heavy atom. The van der Waals surface area contributed by atoms with Gasteiger partial charge in [0.25, 0.3) is 0 Å². The number of nitrogens with one attached hydrogen (secondary N) is 1. The summed E-state index contributed by atoms with van der Waals surface area (Å²) in [6.07, 6.45) is 2.40. The van der Waals surface area contributed by atoms with E-state index in [0.29, 0.717) is 10.0 Å². The van der Waals surface area contributed by atoms with Gasteiger partial charge in [0.2, 0.25) is 0 Å². The van der Waals surface area contributed by atoms with Gasteiger partial charge in [0.15, 0.2) is 0 Å². The minimum absolute atomic E-state index is 0.0558. The molecule has 0 aromatic carbocycles. The molecule has 1 N–H and O–H groups in total. The fourth-order valence-electron chi connectivity index (χ4n) is 1.86. The zero-order chi connectivity index (χ0) is 13.8. The molecule has 0 aliphatic heterocycles. The molecule has 0 amide bonds. The van der Waals surface area contributed by atoms with E-state index < -0.39 is 0 Å². The van der Waals surface area contributed by atoms with E-state index in [-0.39, 0.29) is 6.04 Å². The highest BCUT2D eigenvalue weighted by atomic mass is 35.5. The highest BCUT2D eigenvalue weighted by Gasteiger charge is 2.17. The van der Waals surface area contributed by atoms with Crippen LogP contribution < -0.4 is 5.32 Å². The molecular weight excluding hydrogens is 301 g/mol. The summed E-state index contributed by atoms with van der Waals surface area (Å²) in [5.74, 6) is 0. The normalized spacial score (nSPS) is 12.6. The first-order valence-electron chi connectivity index (χ1n) is 6.05. The van der Waals surface area contributed by atoms with E-state index in [9.17, 15) is 0 Å². The third-order valence-electron chi connectivity index (χ3n) is 2.66. The van der Waals surface area contributed by atoms with Gasteiger partial charge in [-0.2, -0.15) is 0 Å². The van der Waals surface area contributed by atoms with Crippen molar-refractivity contribution in [1.82, 2.24) is 15.3 Å². The van der Waals surface area contributed by atoms with Crippen LogP contribution in [0.3, 0.4) is 0 Å². The Hall–Kier alpha value is -0.680. The summed E-state index contributed by atoms with van der Waals surface area (Å²) in [7, 11) is 0. The van der Waals surface area contributed by atoms with Crippen LogP contribution in [-0.4, -0.2) is 16.5 Å². The van der Waals surface area contributed by atoms with Crippen molar-refractivity contribution in [3.05, 3.63) is 44.1 Å². The Balaban J connectivity index is 2.23. The number of halogens is 2. The Morgan fingerprint density at radius 1 is 1.42 bits per heavy atom. The first-order chi connectivity index (χ1) is 9.10. The van der Waals surface area contributed by atoms with Gasteiger partial charge in [0, 0.05) is 23.7 Å². The number of likely N-dealkylation sites (N-methyl/N-ethyl adjacent to an activating group) is 1. The van der Waals surface area contributed by atoms with E-state index in [4.69, 9.17) is 23.2 Å². The zero-order valence-electron chi connectivity index (χ0n) is 10.8. The van der Waals surface area contributed by atoms with Gasteiger partial charge in [-0.1, -0.05) is 30.1 Å². The van der Waals surface area contributed by atoms with Gasteiger partial charge in [-0.3, -0.25) is 4.98 Å². The molecule has 3 nitrogen and oxygen atoms in total. The predicted molar refractivity (Wildman–Crippen MR) is 81.2 cm³/mol. The number of rotatable bonds is 5. The van der Waals surface area contributed by atoms with Crippen molar-refractivity contribution in [1.29, 1.82) is 0 Å². The lowest BCUT2D eigenvalue weighted by molar-refractivity contribution is 0.535. The van der Waals surface area contributed by atoms with Crippen LogP contribution in [0.2, 0.25) is 10.0 Å². The van der Waals surface area contributed by atoms with Crippen molar-refractivity contribution in [3.8, 4) is 0 Å². The van der Waals surface area contributed by atoms with Crippen LogP contribution in [0.1, 0.15) is 29.4 Å². The zero-order valence-corrected chi connectivity index (χ0v) is 13.1. The number of nitrogens with zero attached hydrogens (tertiary/aromatic N) is 2. The molecule has 0 fully saturated rings. The highest BCUT2D eigenvalue weighted by molar-refractivity contribution is 7.09. The van der Waals surface area contributed by atoms with Crippen molar-refractivity contribution >= 4 is 34.5 Å². The smallest absolute Gasteiger partial charge is 0.0947 e. The summed E-state index contributed by atoms with van der Waals surface area (Å²) < 4.78 is 0. The molecule has 0 aliphatic rings. The Labute approximate surface area is 127 Å². The van der Waals surface area contributed by atoms with Crippen LogP contribution in [0.4, 0.5) is 0 Å². The minimum Gasteiger partial charge on any atom is -0.309 e. The number of thiazole rings is 1. The van der Waals surface area contributed by atoms with E-state index in [1.54, 1.807) is 23.6 Å². The van der Waals surface area contributed by atoms with E-state index in [0.717, 1.165) is 29.4 Å². The largest absolute Gasteiger partial charge is 0.309 e. The molecule has 1 unspecified atom stereocenters. The molecule has 1 atom stereocenters. The molecule has 2 rings (SSSR count). The number of hydrogen-bond donors (Lipinski definition) is 1. The third-order valence-corrected chi connectivity index (χ3v) is 4.16. The molecule has 0 bridgehead atoms. The van der Waals surface area contributed by atoms with Crippen molar-refractivity contribution in [2.24, 2.45) is 0 Å². The van der Waals surface area contributed by atoms with Gasteiger partial charge < -0.3 is 5.32 Å². The average molecular weight is 316 g/mol. The van der Waals surface area contributed by atoms with E-state index in [1.165, 1.54) is 0 Å². The predicted octanol–water partition coefficient (Wildman–Crippen LogP) is 4.05. The lowest BCUT2D eigenvalue weighted by Crippen LogP contribution is -2.24. The molecule has 0 spiro atoms. The molecule has 19 heavy (non-hydrogen) atoms. The molecular formula is C13H15Cl2N3S. The number of aromatic nitrogens is 2. The second-order valence-corrected chi connectivity index (χ2v) is 6.00. The topological polar surface area (TPSA) is 37.8 Å². The fraction of sp³-hybridized carbons (Fsp3) is 0.385. The summed E-state index contributed by atoms with van der Waals surface area (Å²) in [4.78, 5) is 8.84. The summed E-state index contributed by atoms with van der Waals surface area (Å²) in [5.41, 5.74) is 1.87. The van der Waals surface area contributed by atoms with Crippen molar-refractivity contribution in [3.63, 3.8) is 0 Å². The van der Waals surface area contributed by atoms with Crippen LogP contribution in [0, 0.1) is 6.92 Å². The molecule has 2 aromatic heterocycles. The highest BCUT2D eigenvalue weighted by Crippen LogP contribution is 2.27. The summed E-state index contributed by atoms with van der Waals surface area (Å²) in [5, 5.41) is 7.66. The second kappa shape index (κ2) is 6.66. The summed E-state index contributed by atoms with van der Waals surface area (Å²) >= 11 is 13.8. The maximum absolute atomic E-state index is 6.23. The van der Waals surface area contributed by atoms with Gasteiger partial charge >= 0.3 is 0 Å². The lowest BCUT2D eigenvalue weighted by atomic mass is 10.1. The maximum atomic E-state index is 6.23. The molecule has 0 saturated heterocycles. The summed E-state index contributed by atoms with van der Waals surface area (Å²) in [6.45, 7) is 4.90. The van der Waals surface area contributed by atoms with Crippen LogP contribution in [-0.2, 0) is 6.42 Å². The van der Waals surface area contributed by atoms with E-state index in [1.807, 2.05) is 6.92 Å². The Kier molecular flexibility index (Phi) is 5.16. The number of pyridine rings is 1. The molecule has 2 heterocycles. The molecule has 102 valence electrons. The van der Waals surface area contributed by atoms with E-state index in [2.05, 4.69) is 27.6 Å². The first kappa shape index (κ1) is 14.7. The van der Waals surface area contributed by atoms with E-state index >= 15 is 0 Å². The molecule has 0 aliphatic carbocycles. The number of aryl methyl sites for hydroxylation is 1. The van der Waals surface area contributed by atoms with Crippen molar-refractivity contribution in [2.45, 2.75) is 26.3 Å². The van der Waals surface area contributed by atoms with Gasteiger partial charge in [-0.05, 0) is 19.5 Å². The van der Waals surface area contributed by atoms with Crippen LogP contribution in [0.5, 0.6) is 0 Å². The molecule has 6 heteroatoms. The molecule has 0 saturated carbocycles. The second-order valence-electron chi connectivity index (χ2n) is 4.22. The summed E-state index contributed by atoms with van der Waals surface area (Å²) in [6, 6.07) is 1.78. The average Bonchev–Trinajstić information content (AvgIpc) is 2.74. The first-order valence-corrected chi connectivity index (χ1v) is 7.69.